The number of aliphatic hydroxyl groups excluding tert-OH is 2. The van der Waals surface area contributed by atoms with E-state index in [4.69, 9.17) is 9.84 Å². The summed E-state index contributed by atoms with van der Waals surface area (Å²) in [6.07, 6.45) is 2.89. The van der Waals surface area contributed by atoms with E-state index in [1.54, 1.807) is 0 Å². The lowest BCUT2D eigenvalue weighted by molar-refractivity contribution is 0.0871. The molecule has 4 heteroatoms. The second-order valence-corrected chi connectivity index (χ2v) is 3.39. The summed E-state index contributed by atoms with van der Waals surface area (Å²) < 4.78 is 5.08. The quantitative estimate of drug-likeness (QED) is 0.493. The summed E-state index contributed by atoms with van der Waals surface area (Å²) in [6.45, 7) is 1.83. The molecule has 1 aliphatic carbocycles. The summed E-state index contributed by atoms with van der Waals surface area (Å²) in [5.41, 5.74) is 0. The van der Waals surface area contributed by atoms with Crippen LogP contribution in [-0.4, -0.2) is 48.7 Å². The molecule has 0 aromatic rings. The number of rotatable bonds is 6. The molecule has 1 aliphatic rings. The van der Waals surface area contributed by atoms with Crippen LogP contribution in [0.4, 0.5) is 0 Å². The molecule has 1 saturated carbocycles. The second kappa shape index (κ2) is 6.32. The van der Waals surface area contributed by atoms with Crippen LogP contribution in [0.2, 0.25) is 0 Å². The predicted molar refractivity (Wildman–Crippen MR) is 49.6 cm³/mol. The maximum absolute atomic E-state index is 9.45. The Morgan fingerprint density at radius 3 is 2.77 bits per heavy atom. The predicted octanol–water partition coefficient (Wildman–Crippen LogP) is -0.502. The number of ether oxygens (including phenoxy) is 1. The van der Waals surface area contributed by atoms with E-state index >= 15 is 0 Å². The Kier molecular flexibility index (Phi) is 5.31. The van der Waals surface area contributed by atoms with E-state index in [-0.39, 0.29) is 18.8 Å². The van der Waals surface area contributed by atoms with Crippen molar-refractivity contribution in [3.05, 3.63) is 0 Å². The van der Waals surface area contributed by atoms with Crippen molar-refractivity contribution < 1.29 is 14.9 Å². The summed E-state index contributed by atoms with van der Waals surface area (Å²) in [5, 5.41) is 21.1. The number of hydrogen-bond acceptors (Lipinski definition) is 4. The van der Waals surface area contributed by atoms with Gasteiger partial charge in [0.25, 0.3) is 0 Å². The lowest BCUT2D eigenvalue weighted by Crippen LogP contribution is -2.37. The van der Waals surface area contributed by atoms with Crippen molar-refractivity contribution in [1.29, 1.82) is 0 Å². The molecule has 0 radical (unpaired) electrons. The zero-order valence-electron chi connectivity index (χ0n) is 7.91. The lowest BCUT2D eigenvalue weighted by Gasteiger charge is -2.15. The molecule has 0 bridgehead atoms. The fourth-order valence-electron chi connectivity index (χ4n) is 1.66. The molecule has 1 rings (SSSR count). The van der Waals surface area contributed by atoms with E-state index in [9.17, 15) is 5.11 Å². The van der Waals surface area contributed by atoms with E-state index in [2.05, 4.69) is 5.32 Å². The van der Waals surface area contributed by atoms with Crippen molar-refractivity contribution >= 4 is 0 Å². The van der Waals surface area contributed by atoms with Gasteiger partial charge in [-0.2, -0.15) is 0 Å². The Hall–Kier alpha value is -0.160. The standard InChI is InChI=1S/C9H19NO3/c11-5-7-13-6-4-10-8-2-1-3-9(8)12/h8-12H,1-7H2. The minimum Gasteiger partial charge on any atom is -0.394 e. The first-order chi connectivity index (χ1) is 6.34. The third kappa shape index (κ3) is 4.04. The third-order valence-electron chi connectivity index (χ3n) is 2.37. The van der Waals surface area contributed by atoms with E-state index in [1.165, 1.54) is 0 Å². The number of nitrogens with one attached hydrogen (secondary N) is 1. The van der Waals surface area contributed by atoms with E-state index < -0.39 is 0 Å². The Labute approximate surface area is 78.9 Å². The van der Waals surface area contributed by atoms with Gasteiger partial charge in [0.2, 0.25) is 0 Å². The van der Waals surface area contributed by atoms with Crippen LogP contribution in [0.15, 0.2) is 0 Å². The largest absolute Gasteiger partial charge is 0.394 e. The van der Waals surface area contributed by atoms with Crippen LogP contribution in [0.3, 0.4) is 0 Å². The highest BCUT2D eigenvalue weighted by Crippen LogP contribution is 2.18. The second-order valence-electron chi connectivity index (χ2n) is 3.39. The fourth-order valence-corrected chi connectivity index (χ4v) is 1.66. The first kappa shape index (κ1) is 10.9. The zero-order valence-corrected chi connectivity index (χ0v) is 7.91. The average molecular weight is 189 g/mol. The monoisotopic (exact) mass is 189 g/mol. The van der Waals surface area contributed by atoms with Gasteiger partial charge in [-0.1, -0.05) is 0 Å². The molecule has 0 amide bonds. The summed E-state index contributed by atoms with van der Waals surface area (Å²) in [6, 6.07) is 0.248. The van der Waals surface area contributed by atoms with E-state index in [0.717, 1.165) is 25.8 Å². The van der Waals surface area contributed by atoms with Gasteiger partial charge in [-0.05, 0) is 19.3 Å². The van der Waals surface area contributed by atoms with Gasteiger partial charge < -0.3 is 20.3 Å². The van der Waals surface area contributed by atoms with Crippen LogP contribution in [0.5, 0.6) is 0 Å². The van der Waals surface area contributed by atoms with Crippen LogP contribution in [0.25, 0.3) is 0 Å². The zero-order chi connectivity index (χ0) is 9.52. The maximum atomic E-state index is 9.45. The Bertz CT molecular complexity index is 132. The van der Waals surface area contributed by atoms with Crippen LogP contribution in [0, 0.1) is 0 Å². The molecule has 2 atom stereocenters. The molecule has 13 heavy (non-hydrogen) atoms. The third-order valence-corrected chi connectivity index (χ3v) is 2.37. The molecule has 0 saturated heterocycles. The van der Waals surface area contributed by atoms with Gasteiger partial charge in [0.15, 0.2) is 0 Å². The Morgan fingerprint density at radius 1 is 1.31 bits per heavy atom. The number of aliphatic hydroxyl groups is 2. The van der Waals surface area contributed by atoms with Crippen molar-refractivity contribution in [2.45, 2.75) is 31.4 Å². The van der Waals surface area contributed by atoms with Gasteiger partial charge in [-0.25, -0.2) is 0 Å². The molecular weight excluding hydrogens is 170 g/mol. The molecule has 3 N–H and O–H groups in total. The fraction of sp³-hybridized carbons (Fsp3) is 1.00. The van der Waals surface area contributed by atoms with Gasteiger partial charge >= 0.3 is 0 Å². The summed E-state index contributed by atoms with van der Waals surface area (Å²) in [5.74, 6) is 0. The molecule has 0 aliphatic heterocycles. The normalized spacial score (nSPS) is 28.2. The Morgan fingerprint density at radius 2 is 2.15 bits per heavy atom. The molecule has 0 aromatic heterocycles. The van der Waals surface area contributed by atoms with Crippen LogP contribution < -0.4 is 5.32 Å². The number of hydrogen-bond donors (Lipinski definition) is 3. The molecule has 0 heterocycles. The maximum Gasteiger partial charge on any atom is 0.0698 e. The minimum absolute atomic E-state index is 0.0754. The smallest absolute Gasteiger partial charge is 0.0698 e. The molecule has 2 unspecified atom stereocenters. The highest BCUT2D eigenvalue weighted by molar-refractivity contribution is 4.82. The Balaban J connectivity index is 1.93. The van der Waals surface area contributed by atoms with Crippen LogP contribution in [0.1, 0.15) is 19.3 Å². The van der Waals surface area contributed by atoms with Crippen molar-refractivity contribution in [3.8, 4) is 0 Å². The molecule has 1 fully saturated rings. The summed E-state index contributed by atoms with van der Waals surface area (Å²) in [4.78, 5) is 0. The van der Waals surface area contributed by atoms with E-state index in [1.807, 2.05) is 0 Å². The van der Waals surface area contributed by atoms with Crippen molar-refractivity contribution in [3.63, 3.8) is 0 Å². The summed E-state index contributed by atoms with van der Waals surface area (Å²) in [7, 11) is 0. The van der Waals surface area contributed by atoms with Crippen LogP contribution in [-0.2, 0) is 4.74 Å². The lowest BCUT2D eigenvalue weighted by atomic mass is 10.2. The van der Waals surface area contributed by atoms with Gasteiger partial charge in [-0.15, -0.1) is 0 Å². The van der Waals surface area contributed by atoms with Gasteiger partial charge in [0.05, 0.1) is 25.9 Å². The first-order valence-corrected chi connectivity index (χ1v) is 4.94. The van der Waals surface area contributed by atoms with Crippen molar-refractivity contribution in [1.82, 2.24) is 5.32 Å². The molecule has 78 valence electrons. The van der Waals surface area contributed by atoms with Crippen molar-refractivity contribution in [2.24, 2.45) is 0 Å². The van der Waals surface area contributed by atoms with Crippen molar-refractivity contribution in [2.75, 3.05) is 26.4 Å². The molecule has 0 spiro atoms. The highest BCUT2D eigenvalue weighted by atomic mass is 16.5. The highest BCUT2D eigenvalue weighted by Gasteiger charge is 2.23. The van der Waals surface area contributed by atoms with Gasteiger partial charge in [-0.3, -0.25) is 0 Å². The van der Waals surface area contributed by atoms with E-state index in [0.29, 0.717) is 13.2 Å². The SMILES string of the molecule is OCCOCCNC1CCCC1O. The molecule has 4 nitrogen and oxygen atoms in total. The molecule has 0 aromatic carbocycles. The van der Waals surface area contributed by atoms with Gasteiger partial charge in [0.1, 0.15) is 0 Å². The van der Waals surface area contributed by atoms with Gasteiger partial charge in [0, 0.05) is 12.6 Å². The molecular formula is C9H19NO3. The van der Waals surface area contributed by atoms with Crippen LogP contribution >= 0.6 is 0 Å². The average Bonchev–Trinajstić information content (AvgIpc) is 2.52. The minimum atomic E-state index is -0.183. The topological polar surface area (TPSA) is 61.7 Å². The summed E-state index contributed by atoms with van der Waals surface area (Å²) >= 11 is 0. The first-order valence-electron chi connectivity index (χ1n) is 4.94.